The van der Waals surface area contributed by atoms with E-state index in [4.69, 9.17) is 4.74 Å². The summed E-state index contributed by atoms with van der Waals surface area (Å²) in [6, 6.07) is 2.72. The second-order valence-corrected chi connectivity index (χ2v) is 4.76. The molecular formula is C13H22N2O. The van der Waals surface area contributed by atoms with Crippen LogP contribution in [0.5, 0.6) is 0 Å². The van der Waals surface area contributed by atoms with Gasteiger partial charge in [-0.2, -0.15) is 5.10 Å². The lowest BCUT2D eigenvalue weighted by Crippen LogP contribution is -2.08. The average Bonchev–Trinajstić information content (AvgIpc) is 2.95. The minimum absolute atomic E-state index is 0.330. The van der Waals surface area contributed by atoms with Crippen molar-refractivity contribution in [2.75, 3.05) is 0 Å². The van der Waals surface area contributed by atoms with E-state index in [-0.39, 0.29) is 0 Å². The quantitative estimate of drug-likeness (QED) is 0.764. The molecule has 0 amide bonds. The first-order chi connectivity index (χ1) is 7.79. The largest absolute Gasteiger partial charge is 0.372 e. The molecule has 0 aliphatic heterocycles. The van der Waals surface area contributed by atoms with Crippen molar-refractivity contribution < 1.29 is 4.74 Å². The van der Waals surface area contributed by atoms with Gasteiger partial charge in [0, 0.05) is 6.20 Å². The topological polar surface area (TPSA) is 27.1 Å². The van der Waals surface area contributed by atoms with Crippen LogP contribution >= 0.6 is 0 Å². The van der Waals surface area contributed by atoms with Crippen LogP contribution in [0.4, 0.5) is 0 Å². The predicted octanol–water partition coefficient (Wildman–Crippen LogP) is 3.31. The minimum atomic E-state index is 0.330. The fourth-order valence-electron chi connectivity index (χ4n) is 2.17. The van der Waals surface area contributed by atoms with Crippen LogP contribution in [0.1, 0.15) is 57.7 Å². The molecule has 0 radical (unpaired) electrons. The second-order valence-electron chi connectivity index (χ2n) is 4.76. The van der Waals surface area contributed by atoms with E-state index in [1.54, 1.807) is 0 Å². The Kier molecular flexibility index (Phi) is 3.99. The zero-order valence-corrected chi connectivity index (χ0v) is 10.4. The van der Waals surface area contributed by atoms with Gasteiger partial charge in [-0.15, -0.1) is 0 Å². The fourth-order valence-corrected chi connectivity index (χ4v) is 2.17. The Bertz CT molecular complexity index is 315. The van der Waals surface area contributed by atoms with Crippen molar-refractivity contribution in [1.29, 1.82) is 0 Å². The van der Waals surface area contributed by atoms with E-state index in [9.17, 15) is 0 Å². The molecule has 0 N–H and O–H groups in total. The maximum absolute atomic E-state index is 5.68. The molecule has 0 bridgehead atoms. The third-order valence-electron chi connectivity index (χ3n) is 3.45. The average molecular weight is 222 g/mol. The van der Waals surface area contributed by atoms with Crippen LogP contribution in [0.15, 0.2) is 12.3 Å². The summed E-state index contributed by atoms with van der Waals surface area (Å²) in [6.07, 6.45) is 8.76. The molecule has 1 aliphatic rings. The Morgan fingerprint density at radius 2 is 2.25 bits per heavy atom. The molecule has 0 unspecified atom stereocenters. The summed E-state index contributed by atoms with van der Waals surface area (Å²) < 4.78 is 7.80. The van der Waals surface area contributed by atoms with Crippen LogP contribution in [0.25, 0.3) is 0 Å². The van der Waals surface area contributed by atoms with Gasteiger partial charge in [-0.3, -0.25) is 4.68 Å². The van der Waals surface area contributed by atoms with E-state index >= 15 is 0 Å². The molecule has 3 heteroatoms. The molecule has 2 rings (SSSR count). The number of hydrogen-bond acceptors (Lipinski definition) is 2. The Morgan fingerprint density at radius 3 is 2.94 bits per heavy atom. The molecule has 1 heterocycles. The summed E-state index contributed by atoms with van der Waals surface area (Å²) in [6.45, 7) is 4.89. The molecule has 1 atom stereocenters. The third kappa shape index (κ3) is 2.85. The normalized spacial score (nSPS) is 19.1. The van der Waals surface area contributed by atoms with Gasteiger partial charge in [0.1, 0.15) is 0 Å². The van der Waals surface area contributed by atoms with Crippen molar-refractivity contribution in [3.63, 3.8) is 0 Å². The van der Waals surface area contributed by atoms with Crippen molar-refractivity contribution in [3.05, 3.63) is 18.0 Å². The van der Waals surface area contributed by atoms with E-state index in [1.807, 2.05) is 0 Å². The SMILES string of the molecule is CC[C@@H](C)OCc1ccn(C2CCCC2)n1. The molecule has 3 nitrogen and oxygen atoms in total. The summed E-state index contributed by atoms with van der Waals surface area (Å²) in [5, 5.41) is 4.59. The first kappa shape index (κ1) is 11.6. The van der Waals surface area contributed by atoms with Gasteiger partial charge in [-0.1, -0.05) is 19.8 Å². The zero-order valence-electron chi connectivity index (χ0n) is 10.4. The molecule has 0 spiro atoms. The molecule has 0 saturated heterocycles. The zero-order chi connectivity index (χ0) is 11.4. The van der Waals surface area contributed by atoms with Crippen molar-refractivity contribution >= 4 is 0 Å². The van der Waals surface area contributed by atoms with E-state index in [2.05, 4.69) is 35.9 Å². The summed E-state index contributed by atoms with van der Waals surface area (Å²) in [4.78, 5) is 0. The van der Waals surface area contributed by atoms with Crippen LogP contribution in [0.3, 0.4) is 0 Å². The van der Waals surface area contributed by atoms with Gasteiger partial charge in [0.05, 0.1) is 24.4 Å². The van der Waals surface area contributed by atoms with Gasteiger partial charge in [0.2, 0.25) is 0 Å². The number of nitrogens with zero attached hydrogens (tertiary/aromatic N) is 2. The predicted molar refractivity (Wildman–Crippen MR) is 64.3 cm³/mol. The minimum Gasteiger partial charge on any atom is -0.372 e. The molecular weight excluding hydrogens is 200 g/mol. The van der Waals surface area contributed by atoms with E-state index in [0.717, 1.165) is 12.1 Å². The van der Waals surface area contributed by atoms with Gasteiger partial charge in [0.15, 0.2) is 0 Å². The number of ether oxygens (including phenoxy) is 1. The van der Waals surface area contributed by atoms with E-state index < -0.39 is 0 Å². The van der Waals surface area contributed by atoms with Crippen LogP contribution in [-0.4, -0.2) is 15.9 Å². The molecule has 90 valence electrons. The van der Waals surface area contributed by atoms with Gasteiger partial charge >= 0.3 is 0 Å². The maximum atomic E-state index is 5.68. The molecule has 16 heavy (non-hydrogen) atoms. The molecule has 1 fully saturated rings. The fraction of sp³-hybridized carbons (Fsp3) is 0.769. The second kappa shape index (κ2) is 5.48. The molecule has 1 aromatic rings. The molecule has 1 aromatic heterocycles. The van der Waals surface area contributed by atoms with Crippen LogP contribution < -0.4 is 0 Å². The van der Waals surface area contributed by atoms with Crippen LogP contribution in [0.2, 0.25) is 0 Å². The monoisotopic (exact) mass is 222 g/mol. The van der Waals surface area contributed by atoms with Gasteiger partial charge in [-0.05, 0) is 32.3 Å². The first-order valence-corrected chi connectivity index (χ1v) is 6.45. The Morgan fingerprint density at radius 1 is 1.50 bits per heavy atom. The smallest absolute Gasteiger partial charge is 0.0910 e. The Hall–Kier alpha value is -0.830. The van der Waals surface area contributed by atoms with Crippen molar-refractivity contribution in [1.82, 2.24) is 9.78 Å². The number of hydrogen-bond donors (Lipinski definition) is 0. The van der Waals surface area contributed by atoms with Crippen molar-refractivity contribution in [2.24, 2.45) is 0 Å². The first-order valence-electron chi connectivity index (χ1n) is 6.45. The van der Waals surface area contributed by atoms with Crippen LogP contribution in [0, 0.1) is 0 Å². The lowest BCUT2D eigenvalue weighted by Gasteiger charge is -2.10. The lowest BCUT2D eigenvalue weighted by molar-refractivity contribution is 0.0485. The highest BCUT2D eigenvalue weighted by atomic mass is 16.5. The standard InChI is InChI=1S/C13H22N2O/c1-3-11(2)16-10-12-8-9-15(14-12)13-6-4-5-7-13/h8-9,11,13H,3-7,10H2,1-2H3/t11-/m1/s1. The number of aromatic nitrogens is 2. The highest BCUT2D eigenvalue weighted by Crippen LogP contribution is 2.28. The highest BCUT2D eigenvalue weighted by molar-refractivity contribution is 4.98. The summed E-state index contributed by atoms with van der Waals surface area (Å²) >= 11 is 0. The van der Waals surface area contributed by atoms with Gasteiger partial charge in [-0.25, -0.2) is 0 Å². The van der Waals surface area contributed by atoms with Gasteiger partial charge in [0.25, 0.3) is 0 Å². The molecule has 0 aromatic carbocycles. The van der Waals surface area contributed by atoms with Crippen LogP contribution in [-0.2, 0) is 11.3 Å². The van der Waals surface area contributed by atoms with E-state index in [1.165, 1.54) is 25.7 Å². The molecule has 1 aliphatic carbocycles. The van der Waals surface area contributed by atoms with Crippen molar-refractivity contribution in [2.45, 2.75) is 64.7 Å². The summed E-state index contributed by atoms with van der Waals surface area (Å²) in [5.41, 5.74) is 1.06. The third-order valence-corrected chi connectivity index (χ3v) is 3.45. The summed E-state index contributed by atoms with van der Waals surface area (Å²) in [7, 11) is 0. The lowest BCUT2D eigenvalue weighted by atomic mass is 10.3. The van der Waals surface area contributed by atoms with Gasteiger partial charge < -0.3 is 4.74 Å². The Labute approximate surface area is 97.8 Å². The summed E-state index contributed by atoms with van der Waals surface area (Å²) in [5.74, 6) is 0. The maximum Gasteiger partial charge on any atom is 0.0910 e. The Balaban J connectivity index is 1.86. The molecule has 1 saturated carbocycles. The number of rotatable bonds is 5. The highest BCUT2D eigenvalue weighted by Gasteiger charge is 2.17. The van der Waals surface area contributed by atoms with E-state index in [0.29, 0.717) is 18.8 Å². The van der Waals surface area contributed by atoms with Crippen molar-refractivity contribution in [3.8, 4) is 0 Å².